The molecule has 0 fully saturated rings. The number of hydrogen-bond donors (Lipinski definition) is 0. The fraction of sp³-hybridized carbons (Fsp3) is 0.188. The highest BCUT2D eigenvalue weighted by Crippen LogP contribution is 2.26. The maximum atomic E-state index is 5.92. The first-order chi connectivity index (χ1) is 9.22. The quantitative estimate of drug-likeness (QED) is 0.803. The van der Waals surface area contributed by atoms with Crippen molar-refractivity contribution in [3.05, 3.63) is 70.2 Å². The zero-order valence-corrected chi connectivity index (χ0v) is 11.4. The van der Waals surface area contributed by atoms with Crippen molar-refractivity contribution in [3.8, 4) is 0 Å². The zero-order chi connectivity index (χ0) is 13.2. The van der Waals surface area contributed by atoms with Gasteiger partial charge in [0.2, 0.25) is 5.90 Å². The van der Waals surface area contributed by atoms with Gasteiger partial charge in [0.25, 0.3) is 0 Å². The number of rotatable bonds is 2. The van der Waals surface area contributed by atoms with E-state index in [1.807, 2.05) is 36.4 Å². The van der Waals surface area contributed by atoms with E-state index in [0.717, 1.165) is 22.0 Å². The number of benzene rings is 2. The van der Waals surface area contributed by atoms with Gasteiger partial charge in [0, 0.05) is 10.6 Å². The number of ether oxygens (including phenoxy) is 1. The van der Waals surface area contributed by atoms with Gasteiger partial charge in [-0.15, -0.1) is 0 Å². The smallest absolute Gasteiger partial charge is 0.216 e. The number of aryl methyl sites for hydroxylation is 1. The molecule has 1 aliphatic heterocycles. The Morgan fingerprint density at radius 1 is 1.05 bits per heavy atom. The van der Waals surface area contributed by atoms with Crippen molar-refractivity contribution in [1.29, 1.82) is 0 Å². The van der Waals surface area contributed by atoms with Crippen molar-refractivity contribution in [2.75, 3.05) is 6.54 Å². The summed E-state index contributed by atoms with van der Waals surface area (Å²) in [6.07, 6.45) is -0.00595. The minimum atomic E-state index is -0.00595. The molecule has 96 valence electrons. The number of nitrogens with zero attached hydrogens (tertiary/aromatic N) is 1. The molecular weight excluding hydrogens is 258 g/mol. The second-order valence-electron chi connectivity index (χ2n) is 4.67. The lowest BCUT2D eigenvalue weighted by atomic mass is 10.1. The van der Waals surface area contributed by atoms with Gasteiger partial charge in [-0.25, -0.2) is 4.99 Å². The fourth-order valence-electron chi connectivity index (χ4n) is 2.08. The topological polar surface area (TPSA) is 21.6 Å². The molecule has 1 heterocycles. The van der Waals surface area contributed by atoms with Crippen LogP contribution in [0.2, 0.25) is 5.02 Å². The highest BCUT2D eigenvalue weighted by atomic mass is 35.5. The first-order valence-electron chi connectivity index (χ1n) is 6.26. The first-order valence-corrected chi connectivity index (χ1v) is 6.64. The summed E-state index contributed by atoms with van der Waals surface area (Å²) in [5.74, 6) is 0.722. The molecule has 3 heteroatoms. The van der Waals surface area contributed by atoms with Gasteiger partial charge < -0.3 is 4.74 Å². The normalized spacial score (nSPS) is 18.0. The molecule has 0 amide bonds. The minimum Gasteiger partial charge on any atom is -0.467 e. The third-order valence-corrected chi connectivity index (χ3v) is 3.45. The van der Waals surface area contributed by atoms with E-state index in [2.05, 4.69) is 24.0 Å². The number of aliphatic imine (C=N–C) groups is 1. The summed E-state index contributed by atoms with van der Waals surface area (Å²) in [6, 6.07) is 15.9. The van der Waals surface area contributed by atoms with E-state index in [1.165, 1.54) is 5.56 Å². The number of halogens is 1. The zero-order valence-electron chi connectivity index (χ0n) is 10.6. The van der Waals surface area contributed by atoms with Crippen LogP contribution in [0.4, 0.5) is 0 Å². The largest absolute Gasteiger partial charge is 0.467 e. The fourth-order valence-corrected chi connectivity index (χ4v) is 2.21. The molecule has 0 aliphatic carbocycles. The molecule has 1 unspecified atom stereocenters. The lowest BCUT2D eigenvalue weighted by Gasteiger charge is -2.11. The molecule has 2 aromatic carbocycles. The molecule has 0 bridgehead atoms. The van der Waals surface area contributed by atoms with E-state index in [9.17, 15) is 0 Å². The molecule has 2 aromatic rings. The Labute approximate surface area is 117 Å². The third-order valence-electron chi connectivity index (χ3n) is 3.19. The van der Waals surface area contributed by atoms with Gasteiger partial charge in [0.05, 0.1) is 6.54 Å². The van der Waals surface area contributed by atoms with Crippen LogP contribution in [-0.2, 0) is 4.74 Å². The Hall–Kier alpha value is -1.80. The third kappa shape index (κ3) is 2.64. The molecule has 0 N–H and O–H groups in total. The van der Waals surface area contributed by atoms with Crippen LogP contribution in [0.1, 0.15) is 22.8 Å². The summed E-state index contributed by atoms with van der Waals surface area (Å²) in [5, 5.41) is 0.737. The Kier molecular flexibility index (Phi) is 3.26. The summed E-state index contributed by atoms with van der Waals surface area (Å²) in [6.45, 7) is 2.72. The van der Waals surface area contributed by atoms with E-state index in [-0.39, 0.29) is 6.10 Å². The molecular formula is C16H14ClNO. The Morgan fingerprint density at radius 3 is 2.42 bits per heavy atom. The van der Waals surface area contributed by atoms with E-state index < -0.39 is 0 Å². The lowest BCUT2D eigenvalue weighted by Crippen LogP contribution is -2.06. The summed E-state index contributed by atoms with van der Waals surface area (Å²) < 4.78 is 5.92. The van der Waals surface area contributed by atoms with Gasteiger partial charge in [0.1, 0.15) is 6.10 Å². The maximum Gasteiger partial charge on any atom is 0.216 e. The maximum absolute atomic E-state index is 5.92. The Bertz CT molecular complexity index is 602. The molecule has 0 radical (unpaired) electrons. The SMILES string of the molecule is Cc1ccc(C2=NCC(c3ccc(Cl)cc3)O2)cc1. The van der Waals surface area contributed by atoms with Crippen LogP contribution in [0.25, 0.3) is 0 Å². The van der Waals surface area contributed by atoms with Crippen LogP contribution in [0, 0.1) is 6.92 Å². The summed E-state index contributed by atoms with van der Waals surface area (Å²) in [4.78, 5) is 4.48. The molecule has 1 aliphatic rings. The molecule has 1 atom stereocenters. The monoisotopic (exact) mass is 271 g/mol. The van der Waals surface area contributed by atoms with Crippen molar-refractivity contribution >= 4 is 17.5 Å². The summed E-state index contributed by atoms with van der Waals surface area (Å²) >= 11 is 5.89. The predicted octanol–water partition coefficient (Wildman–Crippen LogP) is 4.17. The van der Waals surface area contributed by atoms with Gasteiger partial charge in [-0.05, 0) is 36.8 Å². The van der Waals surface area contributed by atoms with E-state index in [4.69, 9.17) is 16.3 Å². The van der Waals surface area contributed by atoms with E-state index >= 15 is 0 Å². The summed E-state index contributed by atoms with van der Waals surface area (Å²) in [7, 11) is 0. The lowest BCUT2D eigenvalue weighted by molar-refractivity contribution is 0.230. The van der Waals surface area contributed by atoms with Gasteiger partial charge in [-0.3, -0.25) is 0 Å². The first kappa shape index (κ1) is 12.2. The highest BCUT2D eigenvalue weighted by molar-refractivity contribution is 6.30. The average molecular weight is 272 g/mol. The van der Waals surface area contributed by atoms with Crippen LogP contribution in [0.3, 0.4) is 0 Å². The standard InChI is InChI=1S/C16H14ClNO/c1-11-2-4-13(5-3-11)16-18-10-15(19-16)12-6-8-14(17)9-7-12/h2-9,15H,10H2,1H3. The van der Waals surface area contributed by atoms with Crippen molar-refractivity contribution < 1.29 is 4.74 Å². The molecule has 0 saturated heterocycles. The van der Waals surface area contributed by atoms with Gasteiger partial charge >= 0.3 is 0 Å². The molecule has 3 rings (SSSR count). The average Bonchev–Trinajstić information content (AvgIpc) is 2.90. The second kappa shape index (κ2) is 5.06. The van der Waals surface area contributed by atoms with Crippen molar-refractivity contribution in [3.63, 3.8) is 0 Å². The molecule has 2 nitrogen and oxygen atoms in total. The van der Waals surface area contributed by atoms with Crippen LogP contribution in [-0.4, -0.2) is 12.4 Å². The van der Waals surface area contributed by atoms with Gasteiger partial charge in [0.15, 0.2) is 0 Å². The van der Waals surface area contributed by atoms with Gasteiger partial charge in [-0.2, -0.15) is 0 Å². The van der Waals surface area contributed by atoms with Crippen molar-refractivity contribution in [2.24, 2.45) is 4.99 Å². The summed E-state index contributed by atoms with van der Waals surface area (Å²) in [5.41, 5.74) is 3.37. The molecule has 0 aromatic heterocycles. The minimum absolute atomic E-state index is 0.00595. The predicted molar refractivity (Wildman–Crippen MR) is 77.9 cm³/mol. The van der Waals surface area contributed by atoms with E-state index in [1.54, 1.807) is 0 Å². The van der Waals surface area contributed by atoms with Gasteiger partial charge in [-0.1, -0.05) is 41.4 Å². The van der Waals surface area contributed by atoms with Crippen molar-refractivity contribution in [2.45, 2.75) is 13.0 Å². The highest BCUT2D eigenvalue weighted by Gasteiger charge is 2.22. The second-order valence-corrected chi connectivity index (χ2v) is 5.11. The van der Waals surface area contributed by atoms with Crippen molar-refractivity contribution in [1.82, 2.24) is 0 Å². The Morgan fingerprint density at radius 2 is 1.74 bits per heavy atom. The molecule has 0 spiro atoms. The van der Waals surface area contributed by atoms with Crippen LogP contribution < -0.4 is 0 Å². The van der Waals surface area contributed by atoms with Crippen LogP contribution in [0.15, 0.2) is 53.5 Å². The number of hydrogen-bond acceptors (Lipinski definition) is 2. The van der Waals surface area contributed by atoms with Crippen LogP contribution in [0.5, 0.6) is 0 Å². The molecule has 0 saturated carbocycles. The van der Waals surface area contributed by atoms with E-state index in [0.29, 0.717) is 6.54 Å². The Balaban J connectivity index is 1.76. The molecule has 19 heavy (non-hydrogen) atoms. The van der Waals surface area contributed by atoms with Crippen LogP contribution >= 0.6 is 11.6 Å².